The van der Waals surface area contributed by atoms with Gasteiger partial charge in [0.05, 0.1) is 6.04 Å². The van der Waals surface area contributed by atoms with E-state index in [4.69, 9.17) is 5.73 Å². The van der Waals surface area contributed by atoms with Crippen molar-refractivity contribution in [1.29, 1.82) is 0 Å². The molecule has 1 amide bonds. The molecule has 0 bridgehead atoms. The zero-order valence-corrected chi connectivity index (χ0v) is 14.2. The molecule has 2 aromatic rings. The fraction of sp³-hybridized carbons (Fsp3) is 0.312. The average molecular weight is 365 g/mol. The Labute approximate surface area is 136 Å². The van der Waals surface area contributed by atoms with Crippen LogP contribution < -0.4 is 5.73 Å². The number of hydrogen-bond acceptors (Lipinski definition) is 3. The second kappa shape index (κ2) is 5.81. The molecule has 0 radical (unpaired) electrons. The molecule has 1 atom stereocenters. The molecule has 0 aliphatic carbocycles. The Morgan fingerprint density at radius 2 is 2.29 bits per heavy atom. The van der Waals surface area contributed by atoms with E-state index in [1.54, 1.807) is 11.3 Å². The second-order valence-electron chi connectivity index (χ2n) is 5.34. The number of rotatable bonds is 2. The molecular formula is C16H17BrN2OS. The zero-order valence-electron chi connectivity index (χ0n) is 11.8. The van der Waals surface area contributed by atoms with Crippen molar-refractivity contribution in [3.8, 4) is 0 Å². The summed E-state index contributed by atoms with van der Waals surface area (Å²) in [6.07, 6.45) is 2.09. The standard InChI is InChI=1S/C16H17BrN2OS/c1-10-12(8-11(17)9-13(10)18)16(20)19-6-2-4-14(19)15-5-3-7-21-15/h3,5,7-9,14H,2,4,6,18H2,1H3. The normalized spacial score (nSPS) is 18.2. The number of likely N-dealkylation sites (tertiary alicyclic amines) is 1. The second-order valence-corrected chi connectivity index (χ2v) is 7.23. The van der Waals surface area contributed by atoms with Crippen LogP contribution in [0.25, 0.3) is 0 Å². The molecule has 1 fully saturated rings. The van der Waals surface area contributed by atoms with Crippen molar-refractivity contribution in [1.82, 2.24) is 4.90 Å². The van der Waals surface area contributed by atoms with Gasteiger partial charge in [0.25, 0.3) is 5.91 Å². The monoisotopic (exact) mass is 364 g/mol. The summed E-state index contributed by atoms with van der Waals surface area (Å²) in [5.74, 6) is 0.0800. The van der Waals surface area contributed by atoms with Gasteiger partial charge in [-0.1, -0.05) is 22.0 Å². The molecule has 1 aliphatic heterocycles. The van der Waals surface area contributed by atoms with E-state index in [9.17, 15) is 4.79 Å². The van der Waals surface area contributed by atoms with Crippen molar-refractivity contribution in [2.24, 2.45) is 0 Å². The topological polar surface area (TPSA) is 46.3 Å². The van der Waals surface area contributed by atoms with Gasteiger partial charge in [0.15, 0.2) is 0 Å². The number of nitrogens with zero attached hydrogens (tertiary/aromatic N) is 1. The van der Waals surface area contributed by atoms with Crippen LogP contribution in [0.15, 0.2) is 34.1 Å². The smallest absolute Gasteiger partial charge is 0.254 e. The summed E-state index contributed by atoms with van der Waals surface area (Å²) in [6, 6.07) is 8.08. The summed E-state index contributed by atoms with van der Waals surface area (Å²) in [5, 5.41) is 2.07. The quantitative estimate of drug-likeness (QED) is 0.803. The minimum Gasteiger partial charge on any atom is -0.398 e. The molecule has 0 saturated carbocycles. The van der Waals surface area contributed by atoms with Gasteiger partial charge in [-0.05, 0) is 48.9 Å². The predicted molar refractivity (Wildman–Crippen MR) is 90.6 cm³/mol. The van der Waals surface area contributed by atoms with Crippen LogP contribution in [-0.2, 0) is 0 Å². The number of thiophene rings is 1. The highest BCUT2D eigenvalue weighted by Gasteiger charge is 2.32. The third-order valence-corrected chi connectivity index (χ3v) is 5.46. The Morgan fingerprint density at radius 1 is 1.48 bits per heavy atom. The minimum absolute atomic E-state index is 0.0800. The molecule has 1 aliphatic rings. The highest BCUT2D eigenvalue weighted by Crippen LogP contribution is 2.36. The van der Waals surface area contributed by atoms with Crippen molar-refractivity contribution >= 4 is 38.9 Å². The van der Waals surface area contributed by atoms with Crippen molar-refractivity contribution in [3.63, 3.8) is 0 Å². The lowest BCUT2D eigenvalue weighted by Crippen LogP contribution is -2.30. The molecule has 3 rings (SSSR count). The predicted octanol–water partition coefficient (Wildman–Crippen LogP) is 4.38. The summed E-state index contributed by atoms with van der Waals surface area (Å²) in [5.41, 5.74) is 8.20. The molecule has 3 nitrogen and oxygen atoms in total. The zero-order chi connectivity index (χ0) is 15.0. The summed E-state index contributed by atoms with van der Waals surface area (Å²) < 4.78 is 0.848. The number of nitrogens with two attached hydrogens (primary N) is 1. The first-order valence-electron chi connectivity index (χ1n) is 6.98. The molecule has 5 heteroatoms. The van der Waals surface area contributed by atoms with E-state index in [1.807, 2.05) is 30.0 Å². The number of anilines is 1. The average Bonchev–Trinajstić information content (AvgIpc) is 3.11. The molecule has 21 heavy (non-hydrogen) atoms. The fourth-order valence-electron chi connectivity index (χ4n) is 2.86. The van der Waals surface area contributed by atoms with Crippen molar-refractivity contribution in [2.75, 3.05) is 12.3 Å². The summed E-state index contributed by atoms with van der Waals surface area (Å²) in [4.78, 5) is 16.2. The van der Waals surface area contributed by atoms with Gasteiger partial charge in [0, 0.05) is 27.1 Å². The van der Waals surface area contributed by atoms with Crippen LogP contribution >= 0.6 is 27.3 Å². The Bertz CT molecular complexity index is 669. The van der Waals surface area contributed by atoms with Crippen LogP contribution in [-0.4, -0.2) is 17.4 Å². The van der Waals surface area contributed by atoms with Crippen LogP contribution in [0, 0.1) is 6.92 Å². The molecule has 0 spiro atoms. The van der Waals surface area contributed by atoms with Gasteiger partial charge in [-0.3, -0.25) is 4.79 Å². The lowest BCUT2D eigenvalue weighted by atomic mass is 10.0. The largest absolute Gasteiger partial charge is 0.398 e. The minimum atomic E-state index is 0.0800. The van der Waals surface area contributed by atoms with Crippen molar-refractivity contribution in [2.45, 2.75) is 25.8 Å². The first kappa shape index (κ1) is 14.6. The van der Waals surface area contributed by atoms with E-state index in [0.29, 0.717) is 11.3 Å². The van der Waals surface area contributed by atoms with E-state index in [0.717, 1.165) is 29.4 Å². The van der Waals surface area contributed by atoms with E-state index in [2.05, 4.69) is 27.4 Å². The van der Waals surface area contributed by atoms with Gasteiger partial charge in [-0.25, -0.2) is 0 Å². The Kier molecular flexibility index (Phi) is 4.04. The van der Waals surface area contributed by atoms with Crippen molar-refractivity contribution in [3.05, 3.63) is 50.1 Å². The summed E-state index contributed by atoms with van der Waals surface area (Å²) in [7, 11) is 0. The number of carbonyl (C=O) groups excluding carboxylic acids is 1. The highest BCUT2D eigenvalue weighted by molar-refractivity contribution is 9.10. The van der Waals surface area contributed by atoms with E-state index >= 15 is 0 Å². The Hall–Kier alpha value is -1.33. The molecule has 1 aromatic carbocycles. The molecular weight excluding hydrogens is 348 g/mol. The van der Waals surface area contributed by atoms with Gasteiger partial charge < -0.3 is 10.6 Å². The molecule has 2 N–H and O–H groups in total. The summed E-state index contributed by atoms with van der Waals surface area (Å²) in [6.45, 7) is 2.72. The summed E-state index contributed by atoms with van der Waals surface area (Å²) >= 11 is 5.15. The number of amides is 1. The highest BCUT2D eigenvalue weighted by atomic mass is 79.9. The van der Waals surface area contributed by atoms with Crippen LogP contribution in [0.4, 0.5) is 5.69 Å². The molecule has 1 aromatic heterocycles. The molecule has 1 saturated heterocycles. The van der Waals surface area contributed by atoms with Crippen molar-refractivity contribution < 1.29 is 4.79 Å². The maximum Gasteiger partial charge on any atom is 0.254 e. The first-order valence-corrected chi connectivity index (χ1v) is 8.65. The van der Waals surface area contributed by atoms with Crippen LogP contribution in [0.2, 0.25) is 0 Å². The third-order valence-electron chi connectivity index (χ3n) is 4.03. The van der Waals surface area contributed by atoms with Gasteiger partial charge in [0.2, 0.25) is 0 Å². The molecule has 110 valence electrons. The lowest BCUT2D eigenvalue weighted by Gasteiger charge is -2.25. The first-order chi connectivity index (χ1) is 10.1. The van der Waals surface area contributed by atoms with E-state index in [1.165, 1.54) is 4.88 Å². The van der Waals surface area contributed by atoms with Crippen LogP contribution in [0.3, 0.4) is 0 Å². The van der Waals surface area contributed by atoms with Gasteiger partial charge >= 0.3 is 0 Å². The SMILES string of the molecule is Cc1c(N)cc(Br)cc1C(=O)N1CCCC1c1cccs1. The van der Waals surface area contributed by atoms with Gasteiger partial charge in [-0.15, -0.1) is 11.3 Å². The number of hydrogen-bond donors (Lipinski definition) is 1. The van der Waals surface area contributed by atoms with Gasteiger partial charge in [0.1, 0.15) is 0 Å². The van der Waals surface area contributed by atoms with Gasteiger partial charge in [-0.2, -0.15) is 0 Å². The molecule has 2 heterocycles. The number of halogens is 1. The molecule has 1 unspecified atom stereocenters. The van der Waals surface area contributed by atoms with E-state index in [-0.39, 0.29) is 11.9 Å². The maximum absolute atomic E-state index is 12.9. The number of carbonyl (C=O) groups is 1. The third kappa shape index (κ3) is 2.72. The number of nitrogen functional groups attached to an aromatic ring is 1. The Morgan fingerprint density at radius 3 is 3.00 bits per heavy atom. The Balaban J connectivity index is 1.95. The van der Waals surface area contributed by atoms with E-state index < -0.39 is 0 Å². The number of benzene rings is 1. The fourth-order valence-corrected chi connectivity index (χ4v) is 4.21. The van der Waals surface area contributed by atoms with Crippen LogP contribution in [0.5, 0.6) is 0 Å². The lowest BCUT2D eigenvalue weighted by molar-refractivity contribution is 0.0737. The maximum atomic E-state index is 12.9. The van der Waals surface area contributed by atoms with Crippen LogP contribution in [0.1, 0.15) is 39.7 Å².